The zero-order chi connectivity index (χ0) is 11.8. The van der Waals surface area contributed by atoms with Crippen LogP contribution in [0.15, 0.2) is 18.2 Å². The van der Waals surface area contributed by atoms with Gasteiger partial charge in [0.2, 0.25) is 0 Å². The smallest absolute Gasteiger partial charge is 0.272 e. The maximum atomic E-state index is 10.8. The van der Waals surface area contributed by atoms with E-state index in [2.05, 4.69) is 0 Å². The molecular formula is C12H15NO3. The van der Waals surface area contributed by atoms with E-state index in [9.17, 15) is 15.2 Å². The molecular weight excluding hydrogens is 206 g/mol. The van der Waals surface area contributed by atoms with Crippen molar-refractivity contribution in [1.82, 2.24) is 0 Å². The maximum absolute atomic E-state index is 10.8. The van der Waals surface area contributed by atoms with Gasteiger partial charge in [0.25, 0.3) is 5.69 Å². The van der Waals surface area contributed by atoms with Crippen molar-refractivity contribution in [2.75, 3.05) is 0 Å². The first kappa shape index (κ1) is 11.1. The van der Waals surface area contributed by atoms with Gasteiger partial charge in [0, 0.05) is 11.6 Å². The number of nitro benzene ring substituents is 1. The molecule has 0 aromatic heterocycles. The molecule has 4 heteroatoms. The van der Waals surface area contributed by atoms with Crippen molar-refractivity contribution in [3.63, 3.8) is 0 Å². The van der Waals surface area contributed by atoms with Gasteiger partial charge in [0.05, 0.1) is 10.5 Å². The van der Waals surface area contributed by atoms with Crippen molar-refractivity contribution >= 4 is 5.69 Å². The highest BCUT2D eigenvalue weighted by Gasteiger charge is 2.39. The SMILES string of the molecule is Cc1ccc([N+](=O)[O-])c(CCC2(O)CC2)c1. The Labute approximate surface area is 94.1 Å². The van der Waals surface area contributed by atoms with E-state index in [1.165, 1.54) is 0 Å². The molecule has 1 aliphatic carbocycles. The predicted octanol–water partition coefficient (Wildman–Crippen LogP) is 2.36. The molecule has 0 unspecified atom stereocenters. The van der Waals surface area contributed by atoms with Crippen LogP contribution in [0.5, 0.6) is 0 Å². The number of aliphatic hydroxyl groups is 1. The van der Waals surface area contributed by atoms with E-state index in [1.807, 2.05) is 13.0 Å². The summed E-state index contributed by atoms with van der Waals surface area (Å²) < 4.78 is 0. The van der Waals surface area contributed by atoms with Crippen molar-refractivity contribution in [1.29, 1.82) is 0 Å². The van der Waals surface area contributed by atoms with Gasteiger partial charge in [-0.1, -0.05) is 11.6 Å². The molecule has 0 amide bonds. The summed E-state index contributed by atoms with van der Waals surface area (Å²) in [6, 6.07) is 5.12. The third kappa shape index (κ3) is 2.39. The Balaban J connectivity index is 2.16. The van der Waals surface area contributed by atoms with Gasteiger partial charge < -0.3 is 5.11 Å². The summed E-state index contributed by atoms with van der Waals surface area (Å²) in [5, 5.41) is 20.5. The molecule has 0 spiro atoms. The average Bonchev–Trinajstić information content (AvgIpc) is 2.94. The minimum atomic E-state index is -0.544. The summed E-state index contributed by atoms with van der Waals surface area (Å²) in [6.45, 7) is 1.92. The Morgan fingerprint density at radius 1 is 1.50 bits per heavy atom. The molecule has 1 aliphatic rings. The number of benzene rings is 1. The fourth-order valence-corrected chi connectivity index (χ4v) is 1.85. The molecule has 0 radical (unpaired) electrons. The minimum absolute atomic E-state index is 0.162. The van der Waals surface area contributed by atoms with Crippen LogP contribution in [-0.4, -0.2) is 15.6 Å². The molecule has 86 valence electrons. The van der Waals surface area contributed by atoms with Gasteiger partial charge in [-0.3, -0.25) is 10.1 Å². The molecule has 1 fully saturated rings. The first-order chi connectivity index (χ1) is 7.50. The lowest BCUT2D eigenvalue weighted by Gasteiger charge is -2.08. The van der Waals surface area contributed by atoms with Crippen molar-refractivity contribution < 1.29 is 10.0 Å². The topological polar surface area (TPSA) is 63.4 Å². The lowest BCUT2D eigenvalue weighted by molar-refractivity contribution is -0.385. The Bertz CT molecular complexity index is 424. The number of nitro groups is 1. The van der Waals surface area contributed by atoms with Gasteiger partial charge in [0.1, 0.15) is 0 Å². The largest absolute Gasteiger partial charge is 0.390 e. The third-order valence-corrected chi connectivity index (χ3v) is 3.12. The Hall–Kier alpha value is -1.42. The summed E-state index contributed by atoms with van der Waals surface area (Å²) in [7, 11) is 0. The molecule has 0 aliphatic heterocycles. The average molecular weight is 221 g/mol. The van der Waals surface area contributed by atoms with Gasteiger partial charge in [-0.05, 0) is 38.7 Å². The van der Waals surface area contributed by atoms with E-state index in [-0.39, 0.29) is 10.6 Å². The highest BCUT2D eigenvalue weighted by atomic mass is 16.6. The molecule has 16 heavy (non-hydrogen) atoms. The number of nitrogens with zero attached hydrogens (tertiary/aromatic N) is 1. The highest BCUT2D eigenvalue weighted by molar-refractivity contribution is 5.42. The van der Waals surface area contributed by atoms with E-state index < -0.39 is 5.60 Å². The van der Waals surface area contributed by atoms with Crippen LogP contribution in [0.2, 0.25) is 0 Å². The first-order valence-electron chi connectivity index (χ1n) is 5.46. The number of hydrogen-bond donors (Lipinski definition) is 1. The zero-order valence-electron chi connectivity index (χ0n) is 9.27. The molecule has 0 atom stereocenters. The van der Waals surface area contributed by atoms with Crippen LogP contribution in [0.3, 0.4) is 0 Å². The number of rotatable bonds is 4. The Kier molecular flexibility index (Phi) is 2.68. The Morgan fingerprint density at radius 3 is 2.75 bits per heavy atom. The van der Waals surface area contributed by atoms with Crippen LogP contribution in [0.1, 0.15) is 30.4 Å². The van der Waals surface area contributed by atoms with E-state index in [4.69, 9.17) is 0 Å². The summed E-state index contributed by atoms with van der Waals surface area (Å²) in [5.41, 5.74) is 1.36. The minimum Gasteiger partial charge on any atom is -0.390 e. The van der Waals surface area contributed by atoms with Gasteiger partial charge in [0.15, 0.2) is 0 Å². The summed E-state index contributed by atoms with van der Waals surface area (Å²) in [4.78, 5) is 10.5. The van der Waals surface area contributed by atoms with Crippen LogP contribution >= 0.6 is 0 Å². The summed E-state index contributed by atoms with van der Waals surface area (Å²) >= 11 is 0. The number of aryl methyl sites for hydroxylation is 2. The van der Waals surface area contributed by atoms with Gasteiger partial charge in [-0.2, -0.15) is 0 Å². The summed E-state index contributed by atoms with van der Waals surface area (Å²) in [5.74, 6) is 0. The molecule has 0 bridgehead atoms. The standard InChI is InChI=1S/C12H15NO3/c1-9-2-3-11(13(15)16)10(8-9)4-5-12(14)6-7-12/h2-3,8,14H,4-7H2,1H3. The van der Waals surface area contributed by atoms with Crippen LogP contribution in [0.4, 0.5) is 5.69 Å². The second-order valence-corrected chi connectivity index (χ2v) is 4.61. The molecule has 1 N–H and O–H groups in total. The van der Waals surface area contributed by atoms with Gasteiger partial charge in [-0.25, -0.2) is 0 Å². The fourth-order valence-electron chi connectivity index (χ4n) is 1.85. The molecule has 1 saturated carbocycles. The summed E-state index contributed by atoms with van der Waals surface area (Å²) in [6.07, 6.45) is 2.85. The number of hydrogen-bond acceptors (Lipinski definition) is 3. The second kappa shape index (κ2) is 3.87. The second-order valence-electron chi connectivity index (χ2n) is 4.61. The molecule has 4 nitrogen and oxygen atoms in total. The quantitative estimate of drug-likeness (QED) is 0.627. The van der Waals surface area contributed by atoms with Crippen LogP contribution in [0, 0.1) is 17.0 Å². The van der Waals surface area contributed by atoms with E-state index >= 15 is 0 Å². The molecule has 1 aromatic rings. The van der Waals surface area contributed by atoms with E-state index in [0.717, 1.165) is 24.0 Å². The van der Waals surface area contributed by atoms with Crippen LogP contribution in [-0.2, 0) is 6.42 Å². The zero-order valence-corrected chi connectivity index (χ0v) is 9.27. The van der Waals surface area contributed by atoms with Crippen molar-refractivity contribution in [3.05, 3.63) is 39.4 Å². The van der Waals surface area contributed by atoms with Crippen molar-refractivity contribution in [3.8, 4) is 0 Å². The van der Waals surface area contributed by atoms with Gasteiger partial charge in [-0.15, -0.1) is 0 Å². The highest BCUT2D eigenvalue weighted by Crippen LogP contribution is 2.39. The molecule has 0 saturated heterocycles. The van der Waals surface area contributed by atoms with Crippen molar-refractivity contribution in [2.24, 2.45) is 0 Å². The van der Waals surface area contributed by atoms with Crippen molar-refractivity contribution in [2.45, 2.75) is 38.2 Å². The Morgan fingerprint density at radius 2 is 2.19 bits per heavy atom. The first-order valence-corrected chi connectivity index (χ1v) is 5.46. The van der Waals surface area contributed by atoms with E-state index in [1.54, 1.807) is 12.1 Å². The molecule has 2 rings (SSSR count). The van der Waals surface area contributed by atoms with E-state index in [0.29, 0.717) is 12.8 Å². The third-order valence-electron chi connectivity index (χ3n) is 3.12. The van der Waals surface area contributed by atoms with Crippen LogP contribution < -0.4 is 0 Å². The van der Waals surface area contributed by atoms with Gasteiger partial charge >= 0.3 is 0 Å². The predicted molar refractivity (Wildman–Crippen MR) is 60.3 cm³/mol. The maximum Gasteiger partial charge on any atom is 0.272 e. The van der Waals surface area contributed by atoms with Crippen LogP contribution in [0.25, 0.3) is 0 Å². The normalized spacial score (nSPS) is 17.1. The molecule has 1 aromatic carbocycles. The lowest BCUT2D eigenvalue weighted by atomic mass is 10.0. The monoisotopic (exact) mass is 221 g/mol. The fraction of sp³-hybridized carbons (Fsp3) is 0.500. The lowest BCUT2D eigenvalue weighted by Crippen LogP contribution is -2.08. The molecule has 0 heterocycles.